The summed E-state index contributed by atoms with van der Waals surface area (Å²) in [6.07, 6.45) is 4.06. The lowest BCUT2D eigenvalue weighted by molar-refractivity contribution is -0.158. The molecule has 8 bridgehead atoms. The number of aryl methyl sites for hydroxylation is 4. The Morgan fingerprint density at radius 2 is 0.452 bits per heavy atom. The molecule has 0 spiro atoms. The molecule has 0 saturated heterocycles. The molecule has 1 aliphatic carbocycles. The normalized spacial score (nSPS) is 14.2. The van der Waals surface area contributed by atoms with Crippen LogP contribution in [0.2, 0.25) is 0 Å². The van der Waals surface area contributed by atoms with Crippen LogP contribution >= 0.6 is 0 Å². The van der Waals surface area contributed by atoms with Crippen molar-refractivity contribution in [2.24, 2.45) is 0 Å². The molecule has 0 aliphatic heterocycles. The number of fused-ring (bicyclic) bond motifs is 8. The minimum atomic E-state index is -0.734. The minimum Gasteiger partial charge on any atom is -0.481 e. The second-order valence-corrected chi connectivity index (χ2v) is 31.1. The average Bonchev–Trinajstić information content (AvgIpc) is 2.37. The Labute approximate surface area is 505 Å². The molecule has 1 aliphatic rings. The van der Waals surface area contributed by atoms with Gasteiger partial charge in [0.05, 0.1) is 0 Å². The molecule has 0 aromatic heterocycles. The van der Waals surface area contributed by atoms with E-state index in [-0.39, 0.29) is 48.1 Å². The average molecular weight is 1160 g/mol. The van der Waals surface area contributed by atoms with Crippen LogP contribution in [0.5, 0.6) is 23.0 Å². The summed E-state index contributed by atoms with van der Waals surface area (Å²) in [6, 6.07) is 17.5. The van der Waals surface area contributed by atoms with Crippen molar-refractivity contribution in [3.05, 3.63) is 115 Å². The number of rotatable bonds is 12. The van der Waals surface area contributed by atoms with Gasteiger partial charge in [-0.15, -0.1) is 0 Å². The highest BCUT2D eigenvalue weighted by Crippen LogP contribution is 2.43. The third kappa shape index (κ3) is 21.2. The van der Waals surface area contributed by atoms with E-state index in [0.717, 1.165) is 66.8 Å². The lowest BCUT2D eigenvalue weighted by atomic mass is 9.80. The van der Waals surface area contributed by atoms with E-state index in [9.17, 15) is 19.2 Å². The molecule has 12 nitrogen and oxygen atoms in total. The SMILES string of the molecule is CC(C)(C)OC(=O)COc1c2cc(C(C)(C)C)cc1Cc1cc(C(C)(C)C)cc(c1OCC(=O)OC(C)(C)C)CCCc1cc(C(C)(C)C)cc(c1OCC(=O)OC(C)(C)C)Cc1cc(C(C)(C)C)cc(c1OCC(=O)OC(C)(C)C)CCC2. The maximum absolute atomic E-state index is 13.6. The maximum Gasteiger partial charge on any atom is 0.344 e. The molecule has 0 N–H and O–H groups in total. The summed E-state index contributed by atoms with van der Waals surface area (Å²) in [5.41, 5.74) is 7.29. The van der Waals surface area contributed by atoms with Crippen molar-refractivity contribution in [3.8, 4) is 23.0 Å². The van der Waals surface area contributed by atoms with Crippen molar-refractivity contribution in [2.45, 2.75) is 262 Å². The van der Waals surface area contributed by atoms with Gasteiger partial charge >= 0.3 is 23.9 Å². The second-order valence-electron chi connectivity index (χ2n) is 31.1. The first-order valence-electron chi connectivity index (χ1n) is 30.3. The van der Waals surface area contributed by atoms with E-state index < -0.39 is 46.3 Å². The van der Waals surface area contributed by atoms with Crippen LogP contribution in [0.15, 0.2) is 48.5 Å². The molecular weight excluding hydrogens is 1060 g/mol. The van der Waals surface area contributed by atoms with Gasteiger partial charge in [0, 0.05) is 12.8 Å². The van der Waals surface area contributed by atoms with Crippen LogP contribution in [-0.2, 0) is 98.3 Å². The van der Waals surface area contributed by atoms with Crippen LogP contribution in [0, 0.1) is 0 Å². The van der Waals surface area contributed by atoms with E-state index in [1.54, 1.807) is 0 Å². The fourth-order valence-electron chi connectivity index (χ4n) is 10.1. The molecule has 464 valence electrons. The minimum absolute atomic E-state index is 0.299. The van der Waals surface area contributed by atoms with Crippen molar-refractivity contribution in [2.75, 3.05) is 26.4 Å². The predicted octanol–water partition coefficient (Wildman–Crippen LogP) is 15.6. The third-order valence-corrected chi connectivity index (χ3v) is 14.0. The third-order valence-electron chi connectivity index (χ3n) is 14.0. The van der Waals surface area contributed by atoms with Gasteiger partial charge in [0.15, 0.2) is 26.4 Å². The summed E-state index contributed by atoms with van der Waals surface area (Å²) in [4.78, 5) is 54.6. The van der Waals surface area contributed by atoms with Crippen molar-refractivity contribution in [1.82, 2.24) is 0 Å². The first-order chi connectivity index (χ1) is 38.2. The van der Waals surface area contributed by atoms with Crippen LogP contribution in [0.25, 0.3) is 0 Å². The molecule has 0 fully saturated rings. The molecule has 84 heavy (non-hydrogen) atoms. The van der Waals surface area contributed by atoms with Crippen LogP contribution in [-0.4, -0.2) is 72.7 Å². The molecule has 5 rings (SSSR count). The number of ether oxygens (including phenoxy) is 8. The number of hydrogen-bond acceptors (Lipinski definition) is 12. The molecule has 0 amide bonds. The monoisotopic (exact) mass is 1160 g/mol. The molecule has 0 atom stereocenters. The number of carbonyl (C=O) groups is 4. The van der Waals surface area contributed by atoms with Crippen LogP contribution in [0.4, 0.5) is 0 Å². The van der Waals surface area contributed by atoms with Gasteiger partial charge in [0.1, 0.15) is 45.4 Å². The Balaban J connectivity index is 1.92. The predicted molar refractivity (Wildman–Crippen MR) is 336 cm³/mol. The molecular formula is C72H104O12. The zero-order valence-electron chi connectivity index (χ0n) is 56.0. The van der Waals surface area contributed by atoms with Crippen LogP contribution < -0.4 is 18.9 Å². The Morgan fingerprint density at radius 1 is 0.286 bits per heavy atom. The van der Waals surface area contributed by atoms with Gasteiger partial charge in [-0.2, -0.15) is 0 Å². The lowest BCUT2D eigenvalue weighted by Gasteiger charge is -2.28. The van der Waals surface area contributed by atoms with Gasteiger partial charge in [-0.25, -0.2) is 19.2 Å². The first kappa shape index (κ1) is 68.7. The van der Waals surface area contributed by atoms with Crippen molar-refractivity contribution >= 4 is 23.9 Å². The first-order valence-corrected chi connectivity index (χ1v) is 30.3. The van der Waals surface area contributed by atoms with E-state index in [0.29, 0.717) is 74.4 Å². The number of esters is 4. The van der Waals surface area contributed by atoms with Crippen LogP contribution in [0.1, 0.15) is 246 Å². The molecule has 4 aromatic carbocycles. The highest BCUT2D eigenvalue weighted by molar-refractivity contribution is 5.74. The Bertz CT molecular complexity index is 2590. The van der Waals surface area contributed by atoms with Gasteiger partial charge < -0.3 is 37.9 Å². The Morgan fingerprint density at radius 3 is 0.607 bits per heavy atom. The highest BCUT2D eigenvalue weighted by Gasteiger charge is 2.30. The Kier molecular flexibility index (Phi) is 21.5. The molecule has 12 heteroatoms. The van der Waals surface area contributed by atoms with Gasteiger partial charge in [-0.1, -0.05) is 132 Å². The second kappa shape index (κ2) is 26.3. The number of hydrogen-bond donors (Lipinski definition) is 0. The topological polar surface area (TPSA) is 142 Å². The summed E-state index contributed by atoms with van der Waals surface area (Å²) in [5, 5.41) is 0. The molecule has 0 radical (unpaired) electrons. The molecule has 4 aromatic rings. The van der Waals surface area contributed by atoms with E-state index >= 15 is 0 Å². The summed E-state index contributed by atoms with van der Waals surface area (Å²) in [5.74, 6) is 0.378. The zero-order valence-corrected chi connectivity index (χ0v) is 56.0. The number of carbonyl (C=O) groups excluding carboxylic acids is 4. The van der Waals surface area contributed by atoms with E-state index in [1.807, 2.05) is 83.1 Å². The molecule has 0 saturated carbocycles. The van der Waals surface area contributed by atoms with Crippen molar-refractivity contribution < 1.29 is 57.1 Å². The zero-order chi connectivity index (χ0) is 63.3. The van der Waals surface area contributed by atoms with Gasteiger partial charge in [0.2, 0.25) is 0 Å². The number of benzene rings is 4. The quantitative estimate of drug-likeness (QED) is 0.0984. The largest absolute Gasteiger partial charge is 0.481 e. The van der Waals surface area contributed by atoms with Crippen molar-refractivity contribution in [3.63, 3.8) is 0 Å². The smallest absolute Gasteiger partial charge is 0.344 e. The van der Waals surface area contributed by atoms with E-state index in [4.69, 9.17) is 37.9 Å². The van der Waals surface area contributed by atoms with Gasteiger partial charge in [-0.05, 0) is 210 Å². The van der Waals surface area contributed by atoms with Gasteiger partial charge in [-0.3, -0.25) is 0 Å². The molecule has 0 unspecified atom stereocenters. The summed E-state index contributed by atoms with van der Waals surface area (Å²) < 4.78 is 50.4. The van der Waals surface area contributed by atoms with Gasteiger partial charge in [0.25, 0.3) is 0 Å². The standard InChI is InChI=1S/C72H104O12/c1-65(2,3)53-33-45-27-25-28-46-34-55(67(7,8)9)39-51(63(46)79-43-59(75)83-71(19,20)21)32-52-40-56(68(10,11)12)36-48(64(52)80-44-60(76)84-72(22,23)24)30-26-29-47-35-54(66(4,5)6)38-50(62(47)78-42-58(74)82-70(16,17)18)31-49(37-53)61(45)77-41-57(73)81-69(13,14)15/h33-40H,25-32,41-44H2,1-24H3. The summed E-state index contributed by atoms with van der Waals surface area (Å²) >= 11 is 0. The van der Waals surface area contributed by atoms with E-state index in [2.05, 4.69) is 132 Å². The summed E-state index contributed by atoms with van der Waals surface area (Å²) in [7, 11) is 0. The maximum atomic E-state index is 13.6. The van der Waals surface area contributed by atoms with Crippen molar-refractivity contribution in [1.29, 1.82) is 0 Å². The fraction of sp³-hybridized carbons (Fsp3) is 0.611. The lowest BCUT2D eigenvalue weighted by Crippen LogP contribution is -2.28. The fourth-order valence-corrected chi connectivity index (χ4v) is 10.1. The highest BCUT2D eigenvalue weighted by atomic mass is 16.6. The van der Waals surface area contributed by atoms with E-state index in [1.165, 1.54) is 0 Å². The van der Waals surface area contributed by atoms with Crippen LogP contribution in [0.3, 0.4) is 0 Å². The summed E-state index contributed by atoms with van der Waals surface area (Å²) in [6.45, 7) is 47.1. The Hall–Kier alpha value is -6.04. The molecule has 0 heterocycles.